The summed E-state index contributed by atoms with van der Waals surface area (Å²) >= 11 is 0. The van der Waals surface area contributed by atoms with Crippen molar-refractivity contribution in [2.24, 2.45) is 0 Å². The van der Waals surface area contributed by atoms with Crippen molar-refractivity contribution in [1.82, 2.24) is 10.2 Å². The first-order valence-corrected chi connectivity index (χ1v) is 2.56. The van der Waals surface area contributed by atoms with E-state index in [1.165, 1.54) is 0 Å². The number of amides is 3. The second-order valence-electron chi connectivity index (χ2n) is 1.72. The molecule has 1 heterocycles. The second kappa shape index (κ2) is 2.09. The Bertz CT molecular complexity index is 159. The Labute approximate surface area is 53.6 Å². The molecule has 0 saturated carbocycles. The van der Waals surface area contributed by atoms with Gasteiger partial charge >= 0.3 is 6.03 Å². The summed E-state index contributed by atoms with van der Waals surface area (Å²) < 4.78 is 0. The van der Waals surface area contributed by atoms with E-state index in [1.807, 2.05) is 0 Å². The van der Waals surface area contributed by atoms with Crippen molar-refractivity contribution in [2.75, 3.05) is 13.1 Å². The average Bonchev–Trinajstić information content (AvgIpc) is 2.13. The van der Waals surface area contributed by atoms with Crippen LogP contribution in [0.1, 0.15) is 0 Å². The molecule has 46 valence electrons. The highest BCUT2D eigenvalue weighted by Gasteiger charge is 2.21. The maximum absolute atomic E-state index is 10.5. The molecule has 0 unspecified atom stereocenters. The third-order valence-electron chi connectivity index (χ3n) is 1.12. The molecule has 1 saturated heterocycles. The zero-order chi connectivity index (χ0) is 6.85. The van der Waals surface area contributed by atoms with Gasteiger partial charge in [0.2, 0.25) is 7.85 Å². The Morgan fingerprint density at radius 2 is 2.44 bits per heavy atom. The lowest BCUT2D eigenvalue weighted by Crippen LogP contribution is -2.33. The summed E-state index contributed by atoms with van der Waals surface area (Å²) in [5.74, 6) is -0.690. The molecular formula is C4H5BN2O2. The van der Waals surface area contributed by atoms with Gasteiger partial charge in [-0.1, -0.05) is 0 Å². The smallest absolute Gasteiger partial charge is 0.323 e. The van der Waals surface area contributed by atoms with E-state index in [2.05, 4.69) is 5.32 Å². The highest BCUT2D eigenvalue weighted by Crippen LogP contribution is 1.94. The van der Waals surface area contributed by atoms with Crippen LogP contribution >= 0.6 is 0 Å². The summed E-state index contributed by atoms with van der Waals surface area (Å²) in [6, 6.07) is -0.400. The maximum atomic E-state index is 10.5. The zero-order valence-corrected chi connectivity index (χ0v) is 4.76. The minimum Gasteiger partial charge on any atom is -0.336 e. The lowest BCUT2D eigenvalue weighted by molar-refractivity contribution is 0.212. The van der Waals surface area contributed by atoms with E-state index in [1.54, 1.807) is 0 Å². The van der Waals surface area contributed by atoms with Crippen molar-refractivity contribution < 1.29 is 9.59 Å². The molecular weight excluding hydrogens is 119 g/mol. The number of hydrogen-bond acceptors (Lipinski definition) is 2. The third-order valence-corrected chi connectivity index (χ3v) is 1.12. The van der Waals surface area contributed by atoms with Gasteiger partial charge in [-0.15, -0.1) is 0 Å². The molecule has 0 atom stereocenters. The second-order valence-corrected chi connectivity index (χ2v) is 1.72. The number of urea groups is 1. The highest BCUT2D eigenvalue weighted by atomic mass is 16.2. The van der Waals surface area contributed by atoms with E-state index in [0.717, 1.165) is 4.90 Å². The molecule has 4 nitrogen and oxygen atoms in total. The van der Waals surface area contributed by atoms with Gasteiger partial charge in [0.1, 0.15) is 0 Å². The van der Waals surface area contributed by atoms with E-state index >= 15 is 0 Å². The summed E-state index contributed by atoms with van der Waals surface area (Å²) in [4.78, 5) is 21.8. The molecule has 1 fully saturated rings. The largest absolute Gasteiger partial charge is 0.336 e. The van der Waals surface area contributed by atoms with Crippen molar-refractivity contribution in [3.8, 4) is 0 Å². The fraction of sp³-hybridized carbons (Fsp3) is 0.500. The Balaban J connectivity index is 2.60. The van der Waals surface area contributed by atoms with Gasteiger partial charge in [-0.3, -0.25) is 9.69 Å². The van der Waals surface area contributed by atoms with Gasteiger partial charge in [-0.05, 0) is 0 Å². The normalized spacial score (nSPS) is 17.8. The molecule has 0 aromatic heterocycles. The average molecular weight is 124 g/mol. The van der Waals surface area contributed by atoms with Crippen LogP contribution in [0.5, 0.6) is 0 Å². The summed E-state index contributed by atoms with van der Waals surface area (Å²) in [6.07, 6.45) is 0. The molecule has 9 heavy (non-hydrogen) atoms. The molecule has 3 amide bonds. The van der Waals surface area contributed by atoms with Crippen LogP contribution in [0.25, 0.3) is 0 Å². The number of carbonyl (C=O) groups is 2. The number of carbonyl (C=O) groups excluding carboxylic acids is 2. The lowest BCUT2D eigenvalue weighted by atomic mass is 10.1. The van der Waals surface area contributed by atoms with Crippen molar-refractivity contribution >= 4 is 19.7 Å². The van der Waals surface area contributed by atoms with Gasteiger partial charge in [-0.25, -0.2) is 4.79 Å². The summed E-state index contributed by atoms with van der Waals surface area (Å²) in [5, 5.41) is 2.44. The summed E-state index contributed by atoms with van der Waals surface area (Å²) in [5.41, 5.74) is 0. The molecule has 0 aromatic carbocycles. The standard InChI is InChI=1S/C4H5BN2O2/c5-3(8)7-2-1-6-4(7)9/h1-2H2,(H,6,9). The Kier molecular flexibility index (Phi) is 1.42. The van der Waals surface area contributed by atoms with Gasteiger partial charge in [-0.2, -0.15) is 0 Å². The van der Waals surface area contributed by atoms with Crippen LogP contribution in [0, 0.1) is 0 Å². The van der Waals surface area contributed by atoms with Gasteiger partial charge in [0.15, 0.2) is 5.81 Å². The highest BCUT2D eigenvalue weighted by molar-refractivity contribution is 6.58. The van der Waals surface area contributed by atoms with Gasteiger partial charge in [0.05, 0.1) is 0 Å². The molecule has 0 aliphatic carbocycles. The maximum Gasteiger partial charge on any atom is 0.323 e. The number of rotatable bonds is 0. The van der Waals surface area contributed by atoms with Crippen LogP contribution in [0.4, 0.5) is 9.59 Å². The molecule has 5 heteroatoms. The van der Waals surface area contributed by atoms with Crippen LogP contribution in [0.3, 0.4) is 0 Å². The minimum atomic E-state index is -0.690. The fourth-order valence-electron chi connectivity index (χ4n) is 0.682. The lowest BCUT2D eigenvalue weighted by Gasteiger charge is -2.07. The Morgan fingerprint density at radius 3 is 2.67 bits per heavy atom. The quantitative estimate of drug-likeness (QED) is 0.434. The number of hydrogen-bond donors (Lipinski definition) is 1. The van der Waals surface area contributed by atoms with Crippen molar-refractivity contribution in [3.05, 3.63) is 0 Å². The zero-order valence-electron chi connectivity index (χ0n) is 4.76. The number of imide groups is 1. The predicted octanol–water partition coefficient (Wildman–Crippen LogP) is -0.700. The molecule has 0 aromatic rings. The Hall–Kier alpha value is -0.995. The van der Waals surface area contributed by atoms with Crippen molar-refractivity contribution in [3.63, 3.8) is 0 Å². The molecule has 0 spiro atoms. The number of nitrogens with one attached hydrogen (secondary N) is 1. The van der Waals surface area contributed by atoms with E-state index in [-0.39, 0.29) is 0 Å². The minimum absolute atomic E-state index is 0.383. The van der Waals surface area contributed by atoms with Gasteiger partial charge < -0.3 is 5.32 Å². The van der Waals surface area contributed by atoms with Gasteiger partial charge in [0, 0.05) is 13.1 Å². The van der Waals surface area contributed by atoms with Crippen molar-refractivity contribution in [2.45, 2.75) is 0 Å². The van der Waals surface area contributed by atoms with E-state index < -0.39 is 11.8 Å². The van der Waals surface area contributed by atoms with Crippen LogP contribution < -0.4 is 5.32 Å². The van der Waals surface area contributed by atoms with Gasteiger partial charge in [0.25, 0.3) is 0 Å². The van der Waals surface area contributed by atoms with Crippen LogP contribution in [-0.4, -0.2) is 37.7 Å². The summed E-state index contributed by atoms with van der Waals surface area (Å²) in [7, 11) is 4.81. The third kappa shape index (κ3) is 1.04. The van der Waals surface area contributed by atoms with Crippen molar-refractivity contribution in [1.29, 1.82) is 0 Å². The number of nitrogens with zero attached hydrogens (tertiary/aromatic N) is 1. The van der Waals surface area contributed by atoms with Crippen LogP contribution in [0.15, 0.2) is 0 Å². The first kappa shape index (κ1) is 6.13. The molecule has 1 aliphatic rings. The monoisotopic (exact) mass is 124 g/mol. The molecule has 2 radical (unpaired) electrons. The van der Waals surface area contributed by atoms with Crippen LogP contribution in [-0.2, 0) is 0 Å². The van der Waals surface area contributed by atoms with E-state index in [0.29, 0.717) is 13.1 Å². The first-order chi connectivity index (χ1) is 4.22. The molecule has 0 bridgehead atoms. The fourth-order valence-corrected chi connectivity index (χ4v) is 0.682. The van der Waals surface area contributed by atoms with E-state index in [4.69, 9.17) is 7.85 Å². The predicted molar refractivity (Wildman–Crippen MR) is 31.3 cm³/mol. The SMILES string of the molecule is [B]C(=O)N1CCNC1=O. The molecule has 1 N–H and O–H groups in total. The van der Waals surface area contributed by atoms with Crippen LogP contribution in [0.2, 0.25) is 0 Å². The first-order valence-electron chi connectivity index (χ1n) is 2.56. The molecule has 1 rings (SSSR count). The van der Waals surface area contributed by atoms with E-state index in [9.17, 15) is 9.59 Å². The topological polar surface area (TPSA) is 49.4 Å². The Morgan fingerprint density at radius 1 is 1.78 bits per heavy atom. The summed E-state index contributed by atoms with van der Waals surface area (Å²) in [6.45, 7) is 0.885. The molecule has 1 aliphatic heterocycles.